The summed E-state index contributed by atoms with van der Waals surface area (Å²) < 4.78 is 24.8. The minimum Gasteiger partial charge on any atom is -0.348 e. The molecule has 1 aromatic rings. The van der Waals surface area contributed by atoms with Gasteiger partial charge >= 0.3 is 0 Å². The van der Waals surface area contributed by atoms with E-state index in [0.29, 0.717) is 0 Å². The Morgan fingerprint density at radius 1 is 1.26 bits per heavy atom. The third kappa shape index (κ3) is 5.40. The largest absolute Gasteiger partial charge is 0.348 e. The zero-order chi connectivity index (χ0) is 14.3. The summed E-state index contributed by atoms with van der Waals surface area (Å²) in [5.74, 6) is -1.03. The van der Waals surface area contributed by atoms with Crippen molar-refractivity contribution in [1.29, 1.82) is 0 Å². The van der Waals surface area contributed by atoms with Gasteiger partial charge in [0.2, 0.25) is 15.9 Å². The minimum absolute atomic E-state index is 0.147. The molecule has 1 aromatic carbocycles. The van der Waals surface area contributed by atoms with Crippen molar-refractivity contribution in [3.8, 4) is 0 Å². The fraction of sp³-hybridized carbons (Fsp3) is 0.462. The molecule has 0 aliphatic carbocycles. The summed E-state index contributed by atoms with van der Waals surface area (Å²) in [6, 6.07) is 9.40. The molecular weight excluding hydrogens is 264 g/mol. The molecule has 0 aliphatic rings. The van der Waals surface area contributed by atoms with E-state index in [-0.39, 0.29) is 6.04 Å². The van der Waals surface area contributed by atoms with Crippen molar-refractivity contribution >= 4 is 15.9 Å². The van der Waals surface area contributed by atoms with Crippen LogP contribution in [0.15, 0.2) is 30.3 Å². The van der Waals surface area contributed by atoms with Crippen molar-refractivity contribution in [2.75, 3.05) is 12.8 Å². The van der Waals surface area contributed by atoms with Crippen molar-refractivity contribution in [3.63, 3.8) is 0 Å². The van der Waals surface area contributed by atoms with Crippen molar-refractivity contribution in [3.05, 3.63) is 35.9 Å². The van der Waals surface area contributed by atoms with Gasteiger partial charge in [-0.3, -0.25) is 4.79 Å². The van der Waals surface area contributed by atoms with E-state index in [2.05, 4.69) is 10.0 Å². The molecule has 0 radical (unpaired) electrons. The number of sulfonamides is 1. The number of carbonyl (C=O) groups excluding carboxylic acids is 1. The van der Waals surface area contributed by atoms with Crippen LogP contribution in [0.1, 0.15) is 31.4 Å². The Labute approximate surface area is 114 Å². The molecule has 19 heavy (non-hydrogen) atoms. The SMILES string of the molecule is CCCC(NC(=O)CS(=O)(=O)NC)c1ccccc1. The number of hydrogen-bond acceptors (Lipinski definition) is 3. The summed E-state index contributed by atoms with van der Waals surface area (Å²) in [6.07, 6.45) is 1.67. The maximum Gasteiger partial charge on any atom is 0.237 e. The molecule has 0 aliphatic heterocycles. The van der Waals surface area contributed by atoms with Gasteiger partial charge in [-0.05, 0) is 19.0 Å². The Morgan fingerprint density at radius 2 is 1.89 bits per heavy atom. The molecule has 6 heteroatoms. The van der Waals surface area contributed by atoms with Crippen LogP contribution in [0, 0.1) is 0 Å². The van der Waals surface area contributed by atoms with E-state index >= 15 is 0 Å². The Morgan fingerprint density at radius 3 is 2.42 bits per heavy atom. The zero-order valence-electron chi connectivity index (χ0n) is 11.2. The smallest absolute Gasteiger partial charge is 0.237 e. The second-order valence-electron chi connectivity index (χ2n) is 4.28. The van der Waals surface area contributed by atoms with Crippen LogP contribution >= 0.6 is 0 Å². The molecule has 0 fully saturated rings. The number of carbonyl (C=O) groups is 1. The molecule has 0 bridgehead atoms. The molecule has 2 N–H and O–H groups in total. The van der Waals surface area contributed by atoms with E-state index in [1.165, 1.54) is 7.05 Å². The Bertz CT molecular complexity index is 500. The summed E-state index contributed by atoms with van der Waals surface area (Å²) in [5, 5.41) is 2.77. The standard InChI is InChI=1S/C13H20N2O3S/c1-3-7-12(11-8-5-4-6-9-11)15-13(16)10-19(17,18)14-2/h4-6,8-9,12,14H,3,7,10H2,1-2H3,(H,15,16). The topological polar surface area (TPSA) is 75.3 Å². The summed E-state index contributed by atoms with van der Waals surface area (Å²) >= 11 is 0. The molecule has 0 saturated carbocycles. The molecule has 106 valence electrons. The summed E-state index contributed by atoms with van der Waals surface area (Å²) in [6.45, 7) is 2.02. The highest BCUT2D eigenvalue weighted by Crippen LogP contribution is 2.17. The van der Waals surface area contributed by atoms with Gasteiger partial charge in [0.15, 0.2) is 0 Å². The van der Waals surface area contributed by atoms with Crippen LogP contribution in [-0.2, 0) is 14.8 Å². The highest BCUT2D eigenvalue weighted by atomic mass is 32.2. The first-order valence-corrected chi connectivity index (χ1v) is 7.89. The number of amides is 1. The second-order valence-corrected chi connectivity index (χ2v) is 6.21. The van der Waals surface area contributed by atoms with Gasteiger partial charge < -0.3 is 5.32 Å². The van der Waals surface area contributed by atoms with Crippen LogP contribution in [0.25, 0.3) is 0 Å². The first kappa shape index (κ1) is 15.7. The average Bonchev–Trinajstić information content (AvgIpc) is 2.38. The summed E-state index contributed by atoms with van der Waals surface area (Å²) in [4.78, 5) is 11.7. The summed E-state index contributed by atoms with van der Waals surface area (Å²) in [7, 11) is -2.23. The quantitative estimate of drug-likeness (QED) is 0.790. The number of nitrogens with one attached hydrogen (secondary N) is 2. The number of hydrogen-bond donors (Lipinski definition) is 2. The van der Waals surface area contributed by atoms with Gasteiger partial charge in [0.1, 0.15) is 5.75 Å². The highest BCUT2D eigenvalue weighted by Gasteiger charge is 2.18. The molecule has 5 nitrogen and oxygen atoms in total. The molecule has 1 unspecified atom stereocenters. The monoisotopic (exact) mass is 284 g/mol. The fourth-order valence-corrected chi connectivity index (χ4v) is 2.35. The molecule has 0 aromatic heterocycles. The van der Waals surface area contributed by atoms with Crippen molar-refractivity contribution in [1.82, 2.24) is 10.0 Å². The molecule has 0 saturated heterocycles. The third-order valence-electron chi connectivity index (χ3n) is 2.75. The van der Waals surface area contributed by atoms with Gasteiger partial charge in [-0.15, -0.1) is 0 Å². The van der Waals surface area contributed by atoms with Crippen LogP contribution in [-0.4, -0.2) is 27.1 Å². The molecule has 0 heterocycles. The molecule has 1 rings (SSSR count). The van der Waals surface area contributed by atoms with Gasteiger partial charge in [-0.1, -0.05) is 43.7 Å². The first-order chi connectivity index (χ1) is 8.98. The number of rotatable bonds is 7. The molecule has 0 spiro atoms. The lowest BCUT2D eigenvalue weighted by molar-refractivity contribution is -0.119. The normalized spacial score (nSPS) is 12.9. The lowest BCUT2D eigenvalue weighted by Gasteiger charge is -2.18. The van der Waals surface area contributed by atoms with E-state index in [4.69, 9.17) is 0 Å². The fourth-order valence-electron chi connectivity index (χ4n) is 1.78. The average molecular weight is 284 g/mol. The van der Waals surface area contributed by atoms with Crippen molar-refractivity contribution in [2.45, 2.75) is 25.8 Å². The van der Waals surface area contributed by atoms with Crippen LogP contribution in [0.3, 0.4) is 0 Å². The van der Waals surface area contributed by atoms with Gasteiger partial charge in [0, 0.05) is 0 Å². The molecular formula is C13H20N2O3S. The lowest BCUT2D eigenvalue weighted by Crippen LogP contribution is -2.36. The predicted molar refractivity (Wildman–Crippen MR) is 75.1 cm³/mol. The van der Waals surface area contributed by atoms with E-state index in [9.17, 15) is 13.2 Å². The predicted octanol–water partition coefficient (Wildman–Crippen LogP) is 1.19. The van der Waals surface area contributed by atoms with Gasteiger partial charge in [0.25, 0.3) is 0 Å². The van der Waals surface area contributed by atoms with Crippen LogP contribution in [0.4, 0.5) is 0 Å². The maximum atomic E-state index is 11.7. The van der Waals surface area contributed by atoms with Crippen molar-refractivity contribution < 1.29 is 13.2 Å². The maximum absolute atomic E-state index is 11.7. The second kappa shape index (κ2) is 7.25. The summed E-state index contributed by atoms with van der Waals surface area (Å²) in [5.41, 5.74) is 0.986. The van der Waals surface area contributed by atoms with E-state index in [1.54, 1.807) is 0 Å². The van der Waals surface area contributed by atoms with Gasteiger partial charge in [-0.25, -0.2) is 13.1 Å². The van der Waals surface area contributed by atoms with E-state index in [0.717, 1.165) is 18.4 Å². The first-order valence-electron chi connectivity index (χ1n) is 6.24. The van der Waals surface area contributed by atoms with Gasteiger partial charge in [0.05, 0.1) is 6.04 Å². The lowest BCUT2D eigenvalue weighted by atomic mass is 10.0. The molecule has 1 amide bonds. The van der Waals surface area contributed by atoms with Crippen LogP contribution in [0.2, 0.25) is 0 Å². The number of benzene rings is 1. The van der Waals surface area contributed by atoms with E-state index in [1.807, 2.05) is 37.3 Å². The van der Waals surface area contributed by atoms with Crippen LogP contribution < -0.4 is 10.0 Å². The van der Waals surface area contributed by atoms with E-state index < -0.39 is 21.7 Å². The Kier molecular flexibility index (Phi) is 5.98. The van der Waals surface area contributed by atoms with Gasteiger partial charge in [-0.2, -0.15) is 0 Å². The van der Waals surface area contributed by atoms with Crippen LogP contribution in [0.5, 0.6) is 0 Å². The third-order valence-corrected chi connectivity index (χ3v) is 4.01. The zero-order valence-corrected chi connectivity index (χ0v) is 12.0. The minimum atomic E-state index is -3.52. The Hall–Kier alpha value is -1.40. The van der Waals surface area contributed by atoms with Crippen molar-refractivity contribution in [2.24, 2.45) is 0 Å². The Balaban J connectivity index is 2.72. The molecule has 1 atom stereocenters. The highest BCUT2D eigenvalue weighted by molar-refractivity contribution is 7.90.